The molecule has 1 saturated carbocycles. The van der Waals surface area contributed by atoms with Gasteiger partial charge in [-0.3, -0.25) is 5.43 Å². The van der Waals surface area contributed by atoms with Crippen LogP contribution in [0.4, 0.5) is 5.69 Å². The van der Waals surface area contributed by atoms with E-state index < -0.39 is 0 Å². The summed E-state index contributed by atoms with van der Waals surface area (Å²) in [5.41, 5.74) is 5.12. The summed E-state index contributed by atoms with van der Waals surface area (Å²) < 4.78 is 0. The number of rotatable bonds is 3. The van der Waals surface area contributed by atoms with Crippen LogP contribution < -0.4 is 16.2 Å². The van der Waals surface area contributed by atoms with Crippen molar-refractivity contribution in [2.75, 3.05) is 11.4 Å². The molecule has 0 bridgehead atoms. The Morgan fingerprint density at radius 3 is 2.71 bits per heavy atom. The average Bonchev–Trinajstić information content (AvgIpc) is 3.15. The van der Waals surface area contributed by atoms with E-state index in [-0.39, 0.29) is 0 Å². The molecule has 0 aromatic heterocycles. The Morgan fingerprint density at radius 1 is 1.47 bits per heavy atom. The number of nitrogens with one attached hydrogen (secondary N) is 1. The molecule has 1 aromatic carbocycles. The number of hydrazine groups is 1. The number of nitrogens with zero attached hydrogens (tertiary/aromatic N) is 2. The van der Waals surface area contributed by atoms with Crippen LogP contribution in [-0.4, -0.2) is 18.5 Å². The molecule has 0 saturated heterocycles. The molecule has 1 aliphatic rings. The number of anilines is 1. The Morgan fingerprint density at radius 2 is 2.18 bits per heavy atom. The number of para-hydroxylation sites is 1. The van der Waals surface area contributed by atoms with Crippen molar-refractivity contribution < 1.29 is 0 Å². The molecule has 0 spiro atoms. The molecule has 3 N–H and O–H groups in total. The molecule has 4 nitrogen and oxygen atoms in total. The van der Waals surface area contributed by atoms with Crippen LogP contribution in [-0.2, 0) is 0 Å². The van der Waals surface area contributed by atoms with Crippen molar-refractivity contribution in [1.29, 1.82) is 0 Å². The molecule has 0 aliphatic heterocycles. The standard InChI is InChI=1S/C13H20N4/c1-3-17(12-7-5-4-6-10(12)2)13(16-14)15-11-8-9-11/h4-7,11H,3,8-9,14H2,1-2H3,(H,15,16). The van der Waals surface area contributed by atoms with Crippen LogP contribution in [0, 0.1) is 6.92 Å². The number of hydrogen-bond donors (Lipinski definition) is 2. The Balaban J connectivity index is 2.28. The minimum atomic E-state index is 0.458. The molecule has 1 aromatic rings. The number of hydrogen-bond acceptors (Lipinski definition) is 2. The van der Waals surface area contributed by atoms with E-state index in [4.69, 9.17) is 5.84 Å². The van der Waals surface area contributed by atoms with Crippen LogP contribution in [0.25, 0.3) is 0 Å². The first kappa shape index (κ1) is 11.9. The highest BCUT2D eigenvalue weighted by molar-refractivity contribution is 5.96. The van der Waals surface area contributed by atoms with Crippen molar-refractivity contribution in [2.45, 2.75) is 32.7 Å². The third-order valence-electron chi connectivity index (χ3n) is 2.96. The van der Waals surface area contributed by atoms with Crippen molar-refractivity contribution in [1.82, 2.24) is 5.43 Å². The summed E-state index contributed by atoms with van der Waals surface area (Å²) in [6.45, 7) is 5.05. The van der Waals surface area contributed by atoms with Gasteiger partial charge in [0.05, 0.1) is 6.04 Å². The minimum Gasteiger partial charge on any atom is -0.312 e. The molecule has 0 atom stereocenters. The van der Waals surface area contributed by atoms with Gasteiger partial charge in [-0.1, -0.05) is 18.2 Å². The lowest BCUT2D eigenvalue weighted by Gasteiger charge is -2.25. The first-order chi connectivity index (χ1) is 8.26. The lowest BCUT2D eigenvalue weighted by Crippen LogP contribution is -2.45. The van der Waals surface area contributed by atoms with E-state index in [0.717, 1.165) is 18.2 Å². The van der Waals surface area contributed by atoms with Crippen molar-refractivity contribution in [3.05, 3.63) is 29.8 Å². The van der Waals surface area contributed by atoms with Gasteiger partial charge in [-0.25, -0.2) is 10.8 Å². The van der Waals surface area contributed by atoms with Gasteiger partial charge in [-0.2, -0.15) is 0 Å². The molecular weight excluding hydrogens is 212 g/mol. The van der Waals surface area contributed by atoms with Gasteiger partial charge in [0.25, 0.3) is 0 Å². The Hall–Kier alpha value is -1.55. The van der Waals surface area contributed by atoms with Crippen LogP contribution in [0.3, 0.4) is 0 Å². The second-order valence-corrected chi connectivity index (χ2v) is 4.36. The predicted octanol–water partition coefficient (Wildman–Crippen LogP) is 1.80. The minimum absolute atomic E-state index is 0.458. The fourth-order valence-electron chi connectivity index (χ4n) is 1.86. The van der Waals surface area contributed by atoms with Crippen LogP contribution in [0.5, 0.6) is 0 Å². The quantitative estimate of drug-likeness (QED) is 0.362. The van der Waals surface area contributed by atoms with Gasteiger partial charge in [0.15, 0.2) is 0 Å². The molecule has 0 unspecified atom stereocenters. The second-order valence-electron chi connectivity index (χ2n) is 4.36. The van der Waals surface area contributed by atoms with Crippen molar-refractivity contribution in [2.24, 2.45) is 10.8 Å². The van der Waals surface area contributed by atoms with E-state index in [1.54, 1.807) is 0 Å². The highest BCUT2D eigenvalue weighted by atomic mass is 15.4. The molecule has 1 aliphatic carbocycles. The zero-order chi connectivity index (χ0) is 12.3. The molecule has 0 heterocycles. The summed E-state index contributed by atoms with van der Waals surface area (Å²) in [5.74, 6) is 6.36. The van der Waals surface area contributed by atoms with Crippen molar-refractivity contribution in [3.8, 4) is 0 Å². The van der Waals surface area contributed by atoms with Crippen LogP contribution in [0.2, 0.25) is 0 Å². The predicted molar refractivity (Wildman–Crippen MR) is 72.0 cm³/mol. The van der Waals surface area contributed by atoms with E-state index in [2.05, 4.69) is 41.3 Å². The molecular formula is C13H20N4. The van der Waals surface area contributed by atoms with Gasteiger partial charge in [-0.05, 0) is 38.3 Å². The van der Waals surface area contributed by atoms with Gasteiger partial charge in [0, 0.05) is 12.2 Å². The number of guanidine groups is 1. The van der Waals surface area contributed by atoms with Gasteiger partial charge in [0.1, 0.15) is 0 Å². The maximum atomic E-state index is 5.59. The molecule has 0 amide bonds. The highest BCUT2D eigenvalue weighted by Crippen LogP contribution is 2.25. The average molecular weight is 232 g/mol. The van der Waals surface area contributed by atoms with E-state index in [9.17, 15) is 0 Å². The second kappa shape index (κ2) is 5.19. The van der Waals surface area contributed by atoms with Crippen molar-refractivity contribution in [3.63, 3.8) is 0 Å². The maximum absolute atomic E-state index is 5.59. The summed E-state index contributed by atoms with van der Waals surface area (Å²) in [7, 11) is 0. The first-order valence-corrected chi connectivity index (χ1v) is 6.13. The molecule has 4 heteroatoms. The lowest BCUT2D eigenvalue weighted by atomic mass is 10.2. The number of aryl methyl sites for hydroxylation is 1. The zero-order valence-corrected chi connectivity index (χ0v) is 10.5. The summed E-state index contributed by atoms with van der Waals surface area (Å²) >= 11 is 0. The Kier molecular flexibility index (Phi) is 3.64. The van der Waals surface area contributed by atoms with E-state index in [1.165, 1.54) is 18.4 Å². The third kappa shape index (κ3) is 2.77. The number of nitrogens with two attached hydrogens (primary N) is 1. The summed E-state index contributed by atoms with van der Waals surface area (Å²) in [6, 6.07) is 8.73. The van der Waals surface area contributed by atoms with E-state index in [1.807, 2.05) is 12.1 Å². The largest absolute Gasteiger partial charge is 0.312 e. The Labute approximate surface area is 102 Å². The zero-order valence-electron chi connectivity index (χ0n) is 10.5. The molecule has 2 rings (SSSR count). The maximum Gasteiger partial charge on any atom is 0.213 e. The van der Waals surface area contributed by atoms with Crippen molar-refractivity contribution >= 4 is 11.6 Å². The van der Waals surface area contributed by atoms with Gasteiger partial charge in [0.2, 0.25) is 5.96 Å². The fourth-order valence-corrected chi connectivity index (χ4v) is 1.86. The summed E-state index contributed by atoms with van der Waals surface area (Å²) in [4.78, 5) is 6.72. The molecule has 0 radical (unpaired) electrons. The van der Waals surface area contributed by atoms with Crippen LogP contribution in [0.15, 0.2) is 29.3 Å². The smallest absolute Gasteiger partial charge is 0.213 e. The SMILES string of the molecule is CCN(C(=NC1CC1)NN)c1ccccc1C. The number of benzene rings is 1. The highest BCUT2D eigenvalue weighted by Gasteiger charge is 2.23. The van der Waals surface area contributed by atoms with E-state index >= 15 is 0 Å². The fraction of sp³-hybridized carbons (Fsp3) is 0.462. The normalized spacial score (nSPS) is 15.8. The molecule has 1 fully saturated rings. The van der Waals surface area contributed by atoms with Gasteiger partial charge in [-0.15, -0.1) is 0 Å². The number of aliphatic imine (C=N–C) groups is 1. The van der Waals surface area contributed by atoms with E-state index in [0.29, 0.717) is 6.04 Å². The molecule has 92 valence electrons. The third-order valence-corrected chi connectivity index (χ3v) is 2.96. The van der Waals surface area contributed by atoms with Crippen LogP contribution >= 0.6 is 0 Å². The van der Waals surface area contributed by atoms with Gasteiger partial charge >= 0.3 is 0 Å². The lowest BCUT2D eigenvalue weighted by molar-refractivity contribution is 0.898. The first-order valence-electron chi connectivity index (χ1n) is 6.13. The monoisotopic (exact) mass is 232 g/mol. The van der Waals surface area contributed by atoms with Crippen LogP contribution in [0.1, 0.15) is 25.3 Å². The topological polar surface area (TPSA) is 53.6 Å². The van der Waals surface area contributed by atoms with Gasteiger partial charge < -0.3 is 4.90 Å². The summed E-state index contributed by atoms with van der Waals surface area (Å²) in [5, 5.41) is 0. The molecule has 17 heavy (non-hydrogen) atoms. The Bertz CT molecular complexity index is 410. The summed E-state index contributed by atoms with van der Waals surface area (Å²) in [6.07, 6.45) is 2.35.